The van der Waals surface area contributed by atoms with E-state index in [1.54, 1.807) is 48.5 Å². The van der Waals surface area contributed by atoms with Crippen molar-refractivity contribution in [3.8, 4) is 0 Å². The van der Waals surface area contributed by atoms with E-state index in [9.17, 15) is 16.8 Å². The topological polar surface area (TPSA) is 173 Å². The molecule has 0 saturated carbocycles. The predicted molar refractivity (Wildman–Crippen MR) is 145 cm³/mol. The van der Waals surface area contributed by atoms with Crippen molar-refractivity contribution in [3.05, 3.63) is 59.7 Å². The third-order valence-electron chi connectivity index (χ3n) is 4.54. The number of benzene rings is 2. The molecule has 0 aliphatic heterocycles. The first-order valence-electron chi connectivity index (χ1n) is 11.3. The quantitative estimate of drug-likeness (QED) is 0.286. The maximum atomic E-state index is 12.1. The van der Waals surface area contributed by atoms with Gasteiger partial charge >= 0.3 is 0 Å². The molecule has 2 aromatic carbocycles. The molecule has 0 amide bonds. The molecule has 2 aromatic rings. The second kappa shape index (κ2) is 16.9. The summed E-state index contributed by atoms with van der Waals surface area (Å²) in [5.74, 6) is -1.67. The van der Waals surface area contributed by atoms with Crippen LogP contribution in [0.25, 0.3) is 0 Å². The molecule has 0 aliphatic carbocycles. The van der Waals surface area contributed by atoms with E-state index < -0.39 is 32.0 Å². The van der Waals surface area contributed by atoms with Crippen molar-refractivity contribution in [1.82, 2.24) is 19.2 Å². The SMILES string of the molecule is CC(=O)O.CC(=O)O.CN(C)S(=O)(=O)c1ccc(CNCCNCc2ccc(S(=O)(=O)N(C)C)cc2)cc1. The van der Waals surface area contributed by atoms with Gasteiger partial charge in [0.15, 0.2) is 0 Å². The van der Waals surface area contributed by atoms with Crippen LogP contribution in [0.3, 0.4) is 0 Å². The zero-order chi connectivity index (χ0) is 29.5. The molecule has 0 unspecified atom stereocenters. The lowest BCUT2D eigenvalue weighted by Crippen LogP contribution is -2.27. The summed E-state index contributed by atoms with van der Waals surface area (Å²) in [5.41, 5.74) is 2.01. The minimum absolute atomic E-state index is 0.280. The molecule has 12 nitrogen and oxygen atoms in total. The minimum Gasteiger partial charge on any atom is -0.481 e. The van der Waals surface area contributed by atoms with Gasteiger partial charge in [-0.15, -0.1) is 0 Å². The highest BCUT2D eigenvalue weighted by molar-refractivity contribution is 7.89. The van der Waals surface area contributed by atoms with Crippen LogP contribution in [0, 0.1) is 0 Å². The van der Waals surface area contributed by atoms with Crippen molar-refractivity contribution in [2.45, 2.75) is 36.7 Å². The molecule has 0 saturated heterocycles. The summed E-state index contributed by atoms with van der Waals surface area (Å²) >= 11 is 0. The number of nitrogens with zero attached hydrogens (tertiary/aromatic N) is 2. The van der Waals surface area contributed by atoms with Gasteiger partial charge in [0.25, 0.3) is 11.9 Å². The van der Waals surface area contributed by atoms with Crippen molar-refractivity contribution in [1.29, 1.82) is 0 Å². The van der Waals surface area contributed by atoms with E-state index in [2.05, 4.69) is 10.6 Å². The number of carboxylic acids is 2. The molecule has 0 aliphatic rings. The van der Waals surface area contributed by atoms with Crippen molar-refractivity contribution in [3.63, 3.8) is 0 Å². The van der Waals surface area contributed by atoms with Gasteiger partial charge in [-0.05, 0) is 35.4 Å². The number of hydrogen-bond acceptors (Lipinski definition) is 8. The number of hydrogen-bond donors (Lipinski definition) is 4. The Morgan fingerprint density at radius 3 is 1.08 bits per heavy atom. The lowest BCUT2D eigenvalue weighted by Gasteiger charge is -2.12. The summed E-state index contributed by atoms with van der Waals surface area (Å²) in [4.78, 5) is 18.6. The highest BCUT2D eigenvalue weighted by Gasteiger charge is 2.17. The fourth-order valence-electron chi connectivity index (χ4n) is 2.62. The standard InChI is InChI=1S/C20H30N4O4S2.2C2H4O2/c1-23(2)29(25,26)19-9-5-17(6-10-19)15-21-13-14-22-16-18-7-11-20(12-8-18)30(27,28)24(3)4;2*1-2(3)4/h5-12,21-22H,13-16H2,1-4H3;2*1H3,(H,3,4). The van der Waals surface area contributed by atoms with Crippen LogP contribution in [0.1, 0.15) is 25.0 Å². The van der Waals surface area contributed by atoms with Gasteiger partial charge in [-0.1, -0.05) is 24.3 Å². The molecule has 0 atom stereocenters. The first kappa shape index (κ1) is 35.1. The predicted octanol–water partition coefficient (Wildman–Crippen LogP) is 1.25. The Labute approximate surface area is 225 Å². The van der Waals surface area contributed by atoms with Crippen LogP contribution in [-0.2, 0) is 42.7 Å². The van der Waals surface area contributed by atoms with E-state index in [0.29, 0.717) is 13.1 Å². The second-order valence-corrected chi connectivity index (χ2v) is 12.6. The average Bonchev–Trinajstić information content (AvgIpc) is 2.81. The van der Waals surface area contributed by atoms with Gasteiger partial charge in [0.1, 0.15) is 0 Å². The zero-order valence-electron chi connectivity index (χ0n) is 22.5. The summed E-state index contributed by atoms with van der Waals surface area (Å²) in [5, 5.41) is 21.4. The summed E-state index contributed by atoms with van der Waals surface area (Å²) < 4.78 is 50.6. The number of aliphatic carboxylic acids is 2. The van der Waals surface area contributed by atoms with Crippen molar-refractivity contribution in [2.75, 3.05) is 41.3 Å². The normalized spacial score (nSPS) is 11.3. The molecule has 0 heterocycles. The Morgan fingerprint density at radius 2 is 0.868 bits per heavy atom. The molecule has 2 rings (SSSR count). The highest BCUT2D eigenvalue weighted by Crippen LogP contribution is 2.15. The van der Waals surface area contributed by atoms with Crippen LogP contribution in [0.15, 0.2) is 58.3 Å². The molecular formula is C24H38N4O8S2. The van der Waals surface area contributed by atoms with E-state index >= 15 is 0 Å². The molecule has 38 heavy (non-hydrogen) atoms. The van der Waals surface area contributed by atoms with Crippen LogP contribution in [0.4, 0.5) is 0 Å². The van der Waals surface area contributed by atoms with Gasteiger partial charge in [-0.25, -0.2) is 25.4 Å². The van der Waals surface area contributed by atoms with E-state index in [-0.39, 0.29) is 9.79 Å². The van der Waals surface area contributed by atoms with Crippen molar-refractivity contribution < 1.29 is 36.6 Å². The first-order chi connectivity index (χ1) is 17.5. The van der Waals surface area contributed by atoms with Crippen LogP contribution >= 0.6 is 0 Å². The van der Waals surface area contributed by atoms with Crippen molar-refractivity contribution >= 4 is 32.0 Å². The Morgan fingerprint density at radius 1 is 0.632 bits per heavy atom. The molecule has 214 valence electrons. The first-order valence-corrected chi connectivity index (χ1v) is 14.2. The summed E-state index contributed by atoms with van der Waals surface area (Å²) in [6.45, 7) is 4.93. The fourth-order valence-corrected chi connectivity index (χ4v) is 4.43. The summed E-state index contributed by atoms with van der Waals surface area (Å²) in [6.07, 6.45) is 0. The Hall–Kier alpha value is -2.88. The van der Waals surface area contributed by atoms with E-state index in [0.717, 1.165) is 38.1 Å². The number of rotatable bonds is 11. The monoisotopic (exact) mass is 574 g/mol. The number of carbonyl (C=O) groups is 2. The highest BCUT2D eigenvalue weighted by atomic mass is 32.2. The van der Waals surface area contributed by atoms with Gasteiger partial charge in [0.2, 0.25) is 20.0 Å². The van der Waals surface area contributed by atoms with E-state index in [1.165, 1.54) is 36.8 Å². The molecule has 0 bridgehead atoms. The zero-order valence-corrected chi connectivity index (χ0v) is 24.1. The maximum absolute atomic E-state index is 12.1. The van der Waals surface area contributed by atoms with Gasteiger partial charge in [-0.3, -0.25) is 9.59 Å². The van der Waals surface area contributed by atoms with Crippen LogP contribution in [-0.4, -0.2) is 88.9 Å². The largest absolute Gasteiger partial charge is 0.481 e. The lowest BCUT2D eigenvalue weighted by atomic mass is 10.2. The molecule has 0 radical (unpaired) electrons. The maximum Gasteiger partial charge on any atom is 0.300 e. The average molecular weight is 575 g/mol. The van der Waals surface area contributed by atoms with Crippen LogP contribution < -0.4 is 10.6 Å². The third-order valence-corrected chi connectivity index (χ3v) is 8.20. The second-order valence-electron chi connectivity index (χ2n) is 8.25. The van der Waals surface area contributed by atoms with Crippen LogP contribution in [0.2, 0.25) is 0 Å². The molecular weight excluding hydrogens is 536 g/mol. The van der Waals surface area contributed by atoms with Gasteiger partial charge < -0.3 is 20.8 Å². The summed E-state index contributed by atoms with van der Waals surface area (Å²) in [6, 6.07) is 13.7. The van der Waals surface area contributed by atoms with Gasteiger partial charge in [-0.2, -0.15) is 0 Å². The molecule has 0 spiro atoms. The third kappa shape index (κ3) is 13.6. The van der Waals surface area contributed by atoms with Crippen molar-refractivity contribution in [2.24, 2.45) is 0 Å². The summed E-state index contributed by atoms with van der Waals surface area (Å²) in [7, 11) is -0.754. The Bertz CT molecular complexity index is 1110. The molecule has 14 heteroatoms. The van der Waals surface area contributed by atoms with Crippen LogP contribution in [0.5, 0.6) is 0 Å². The van der Waals surface area contributed by atoms with Gasteiger partial charge in [0, 0.05) is 68.2 Å². The number of nitrogens with one attached hydrogen (secondary N) is 2. The minimum atomic E-state index is -3.40. The molecule has 0 aromatic heterocycles. The molecule has 0 fully saturated rings. The Kier molecular flexibility index (Phi) is 15.6. The van der Waals surface area contributed by atoms with E-state index in [1.807, 2.05) is 0 Å². The smallest absolute Gasteiger partial charge is 0.300 e. The number of carboxylic acid groups (broad SMARTS) is 2. The fraction of sp³-hybridized carbons (Fsp3) is 0.417. The van der Waals surface area contributed by atoms with E-state index in [4.69, 9.17) is 19.8 Å². The lowest BCUT2D eigenvalue weighted by molar-refractivity contribution is -0.135. The number of sulfonamides is 2. The molecule has 4 N–H and O–H groups in total. The Balaban J connectivity index is 0.00000150. The van der Waals surface area contributed by atoms with Gasteiger partial charge in [0.05, 0.1) is 9.79 Å².